The fourth-order valence-corrected chi connectivity index (χ4v) is 1.19. The first kappa shape index (κ1) is 11.2. The van der Waals surface area contributed by atoms with Gasteiger partial charge >= 0.3 is 0 Å². The summed E-state index contributed by atoms with van der Waals surface area (Å²) in [6.07, 6.45) is 6.55. The predicted octanol–water partition coefficient (Wildman–Crippen LogP) is 1.56. The van der Waals surface area contributed by atoms with Gasteiger partial charge in [-0.05, 0) is 25.5 Å². The van der Waals surface area contributed by atoms with E-state index in [9.17, 15) is 4.79 Å². The van der Waals surface area contributed by atoms with Crippen LogP contribution in [0.25, 0.3) is 0 Å². The highest BCUT2D eigenvalue weighted by molar-refractivity contribution is 5.97. The van der Waals surface area contributed by atoms with E-state index in [1.807, 2.05) is 19.1 Å². The summed E-state index contributed by atoms with van der Waals surface area (Å²) < 4.78 is 0. The maximum absolute atomic E-state index is 11.0. The minimum absolute atomic E-state index is 0.429. The van der Waals surface area contributed by atoms with Gasteiger partial charge in [0.1, 0.15) is 5.82 Å². The molecule has 0 saturated carbocycles. The molecule has 0 aliphatic rings. The van der Waals surface area contributed by atoms with Crippen molar-refractivity contribution in [1.29, 1.82) is 0 Å². The van der Waals surface area contributed by atoms with E-state index in [-0.39, 0.29) is 0 Å². The van der Waals surface area contributed by atoms with Crippen LogP contribution >= 0.6 is 0 Å². The second-order valence-corrected chi connectivity index (χ2v) is 3.05. The number of allylic oxidation sites excluding steroid dienone is 1. The molecule has 0 aromatic carbocycles. The molecule has 1 amide bonds. The van der Waals surface area contributed by atoms with Gasteiger partial charge in [0.05, 0.1) is 5.56 Å². The quantitative estimate of drug-likeness (QED) is 0.566. The zero-order valence-corrected chi connectivity index (χ0v) is 8.73. The smallest absolute Gasteiger partial charge is 0.252 e. The number of primary amides is 1. The lowest BCUT2D eigenvalue weighted by Gasteiger charge is -2.06. The third-order valence-electron chi connectivity index (χ3n) is 1.91. The van der Waals surface area contributed by atoms with E-state index in [0.717, 1.165) is 13.0 Å². The van der Waals surface area contributed by atoms with Gasteiger partial charge in [0, 0.05) is 12.7 Å². The van der Waals surface area contributed by atoms with Gasteiger partial charge < -0.3 is 11.1 Å². The van der Waals surface area contributed by atoms with Crippen LogP contribution in [0.3, 0.4) is 0 Å². The highest BCUT2D eigenvalue weighted by Gasteiger charge is 2.06. The molecule has 0 aliphatic carbocycles. The number of nitrogens with two attached hydrogens (primary N) is 1. The van der Waals surface area contributed by atoms with E-state index in [0.29, 0.717) is 11.4 Å². The van der Waals surface area contributed by atoms with Crippen molar-refractivity contribution in [2.75, 3.05) is 11.9 Å². The van der Waals surface area contributed by atoms with Crippen LogP contribution in [0.1, 0.15) is 23.7 Å². The van der Waals surface area contributed by atoms with Gasteiger partial charge in [-0.25, -0.2) is 4.98 Å². The van der Waals surface area contributed by atoms with E-state index in [2.05, 4.69) is 10.3 Å². The van der Waals surface area contributed by atoms with Crippen LogP contribution < -0.4 is 11.1 Å². The average molecular weight is 205 g/mol. The van der Waals surface area contributed by atoms with Gasteiger partial charge in [-0.2, -0.15) is 0 Å². The molecule has 15 heavy (non-hydrogen) atoms. The van der Waals surface area contributed by atoms with Crippen molar-refractivity contribution in [1.82, 2.24) is 4.98 Å². The molecule has 1 heterocycles. The minimum Gasteiger partial charge on any atom is -0.369 e. The summed E-state index contributed by atoms with van der Waals surface area (Å²) in [6, 6.07) is 3.35. The number of pyridine rings is 1. The molecule has 0 spiro atoms. The standard InChI is InChI=1S/C11H15N3O/c1-2-3-4-7-13-11-9(10(12)15)6-5-8-14-11/h2-3,5-6,8H,4,7H2,1H3,(H2,12,15)(H,13,14)/b3-2+. The first-order valence-electron chi connectivity index (χ1n) is 4.85. The van der Waals surface area contributed by atoms with Crippen LogP contribution in [0, 0.1) is 0 Å². The van der Waals surface area contributed by atoms with E-state index in [1.165, 1.54) is 0 Å². The number of nitrogens with zero attached hydrogens (tertiary/aromatic N) is 1. The topological polar surface area (TPSA) is 68.0 Å². The highest BCUT2D eigenvalue weighted by atomic mass is 16.1. The molecule has 4 heteroatoms. The van der Waals surface area contributed by atoms with Crippen LogP contribution in [0.5, 0.6) is 0 Å². The Labute approximate surface area is 89.2 Å². The van der Waals surface area contributed by atoms with Crippen LogP contribution in [0.15, 0.2) is 30.5 Å². The molecule has 0 fully saturated rings. The first-order valence-corrected chi connectivity index (χ1v) is 4.85. The molecule has 0 bridgehead atoms. The van der Waals surface area contributed by atoms with E-state index < -0.39 is 5.91 Å². The number of nitrogens with one attached hydrogen (secondary N) is 1. The van der Waals surface area contributed by atoms with Crippen molar-refractivity contribution in [2.45, 2.75) is 13.3 Å². The number of aromatic nitrogens is 1. The summed E-state index contributed by atoms with van der Waals surface area (Å²) in [6.45, 7) is 2.71. The molecule has 0 atom stereocenters. The summed E-state index contributed by atoms with van der Waals surface area (Å²) in [7, 11) is 0. The van der Waals surface area contributed by atoms with E-state index in [4.69, 9.17) is 5.73 Å². The molecule has 1 rings (SSSR count). The molecule has 0 radical (unpaired) electrons. The fourth-order valence-electron chi connectivity index (χ4n) is 1.19. The lowest BCUT2D eigenvalue weighted by molar-refractivity contribution is 0.100. The van der Waals surface area contributed by atoms with Crippen molar-refractivity contribution < 1.29 is 4.79 Å². The molecule has 1 aromatic heterocycles. The maximum Gasteiger partial charge on any atom is 0.252 e. The maximum atomic E-state index is 11.0. The first-order chi connectivity index (χ1) is 7.25. The van der Waals surface area contributed by atoms with Gasteiger partial charge in [-0.1, -0.05) is 12.2 Å². The van der Waals surface area contributed by atoms with Crippen molar-refractivity contribution >= 4 is 11.7 Å². The molecule has 4 nitrogen and oxygen atoms in total. The summed E-state index contributed by atoms with van der Waals surface area (Å²) in [5.41, 5.74) is 5.64. The van der Waals surface area contributed by atoms with Gasteiger partial charge in [-0.3, -0.25) is 4.79 Å². The zero-order valence-electron chi connectivity index (χ0n) is 8.73. The third-order valence-corrected chi connectivity index (χ3v) is 1.91. The Morgan fingerprint density at radius 3 is 3.13 bits per heavy atom. The van der Waals surface area contributed by atoms with Crippen molar-refractivity contribution in [3.63, 3.8) is 0 Å². The Morgan fingerprint density at radius 1 is 1.67 bits per heavy atom. The number of rotatable bonds is 5. The monoisotopic (exact) mass is 205 g/mol. The van der Waals surface area contributed by atoms with Crippen LogP contribution in [0.2, 0.25) is 0 Å². The Balaban J connectivity index is 2.63. The van der Waals surface area contributed by atoms with Gasteiger partial charge in [-0.15, -0.1) is 0 Å². The second-order valence-electron chi connectivity index (χ2n) is 3.05. The summed E-state index contributed by atoms with van der Waals surface area (Å²) in [4.78, 5) is 15.1. The largest absolute Gasteiger partial charge is 0.369 e. The van der Waals surface area contributed by atoms with Gasteiger partial charge in [0.25, 0.3) is 5.91 Å². The Bertz CT molecular complexity index is 361. The zero-order chi connectivity index (χ0) is 11.1. The predicted molar refractivity (Wildman–Crippen MR) is 60.7 cm³/mol. The van der Waals surface area contributed by atoms with E-state index >= 15 is 0 Å². The van der Waals surface area contributed by atoms with Crippen LogP contribution in [-0.2, 0) is 0 Å². The summed E-state index contributed by atoms with van der Waals surface area (Å²) in [5.74, 6) is 0.0890. The highest BCUT2D eigenvalue weighted by Crippen LogP contribution is 2.09. The molecular weight excluding hydrogens is 190 g/mol. The molecule has 3 N–H and O–H groups in total. The van der Waals surface area contributed by atoms with Crippen molar-refractivity contribution in [3.05, 3.63) is 36.0 Å². The molecule has 1 aromatic rings. The number of carbonyl (C=O) groups excluding carboxylic acids is 1. The van der Waals surface area contributed by atoms with Gasteiger partial charge in [0.15, 0.2) is 0 Å². The molecule has 0 aliphatic heterocycles. The summed E-state index contributed by atoms with van der Waals surface area (Å²) >= 11 is 0. The number of carbonyl (C=O) groups is 1. The number of hydrogen-bond acceptors (Lipinski definition) is 3. The van der Waals surface area contributed by atoms with E-state index in [1.54, 1.807) is 18.3 Å². The molecule has 80 valence electrons. The van der Waals surface area contributed by atoms with Crippen molar-refractivity contribution in [2.24, 2.45) is 5.73 Å². The van der Waals surface area contributed by atoms with Crippen LogP contribution in [-0.4, -0.2) is 17.4 Å². The minimum atomic E-state index is -0.461. The second kappa shape index (κ2) is 5.80. The van der Waals surface area contributed by atoms with Crippen LogP contribution in [0.4, 0.5) is 5.82 Å². The number of hydrogen-bond donors (Lipinski definition) is 2. The molecular formula is C11H15N3O. The lowest BCUT2D eigenvalue weighted by atomic mass is 10.2. The molecule has 0 unspecified atom stereocenters. The van der Waals surface area contributed by atoms with Crippen molar-refractivity contribution in [3.8, 4) is 0 Å². The third kappa shape index (κ3) is 3.42. The molecule has 0 saturated heterocycles. The summed E-state index contributed by atoms with van der Waals surface area (Å²) in [5, 5.41) is 3.07. The lowest BCUT2D eigenvalue weighted by Crippen LogP contribution is -2.15. The average Bonchev–Trinajstić information content (AvgIpc) is 2.25. The Morgan fingerprint density at radius 2 is 2.47 bits per heavy atom. The fraction of sp³-hybridized carbons (Fsp3) is 0.273. The Kier molecular flexibility index (Phi) is 4.34. The number of anilines is 1. The normalized spacial score (nSPS) is 10.5. The van der Waals surface area contributed by atoms with Gasteiger partial charge in [0.2, 0.25) is 0 Å². The SMILES string of the molecule is C/C=C/CCNc1ncccc1C(N)=O. The number of amides is 1. The Hall–Kier alpha value is -1.84.